The molecule has 2 fully saturated rings. The van der Waals surface area contributed by atoms with Crippen LogP contribution in [0.25, 0.3) is 0 Å². The minimum absolute atomic E-state index is 0.0293. The van der Waals surface area contributed by atoms with Gasteiger partial charge in [0.1, 0.15) is 5.54 Å². The van der Waals surface area contributed by atoms with Gasteiger partial charge >= 0.3 is 6.03 Å². The molecule has 5 amide bonds. The summed E-state index contributed by atoms with van der Waals surface area (Å²) in [7, 11) is 0. The van der Waals surface area contributed by atoms with Crippen molar-refractivity contribution in [2.45, 2.75) is 32.2 Å². The van der Waals surface area contributed by atoms with E-state index in [1.54, 1.807) is 29.2 Å². The molecule has 0 saturated carbocycles. The monoisotopic (exact) mass is 477 g/mol. The summed E-state index contributed by atoms with van der Waals surface area (Å²) in [6, 6.07) is 16.3. The SMILES string of the molecule is CCC1(c2ccccc2)NC(=O)N(NC(=O)CN2CCN(C(=O)Cc3ccc(C)cc3)CC2)C1=O. The first-order valence-electron chi connectivity index (χ1n) is 11.9. The van der Waals surface area contributed by atoms with Crippen molar-refractivity contribution in [1.82, 2.24) is 25.6 Å². The third kappa shape index (κ3) is 5.19. The van der Waals surface area contributed by atoms with Crippen molar-refractivity contribution in [2.24, 2.45) is 0 Å². The number of carbonyl (C=O) groups is 4. The highest BCUT2D eigenvalue weighted by atomic mass is 16.2. The average Bonchev–Trinajstić information content (AvgIpc) is 3.11. The summed E-state index contributed by atoms with van der Waals surface area (Å²) in [4.78, 5) is 54.7. The molecule has 9 nitrogen and oxygen atoms in total. The zero-order valence-electron chi connectivity index (χ0n) is 20.1. The van der Waals surface area contributed by atoms with Gasteiger partial charge in [0.15, 0.2) is 0 Å². The number of amides is 5. The number of imide groups is 1. The van der Waals surface area contributed by atoms with Gasteiger partial charge < -0.3 is 10.2 Å². The summed E-state index contributed by atoms with van der Waals surface area (Å²) in [5.41, 5.74) is 4.07. The van der Waals surface area contributed by atoms with Crippen LogP contribution in [0.2, 0.25) is 0 Å². The standard InChI is InChI=1S/C26H31N5O4/c1-3-26(21-7-5-4-6-8-21)24(34)31(25(35)27-26)28-22(32)18-29-13-15-30(16-14-29)23(33)17-20-11-9-19(2)10-12-20/h4-12H,3,13-18H2,1-2H3,(H,27,35)(H,28,32). The lowest BCUT2D eigenvalue weighted by Crippen LogP contribution is -2.54. The molecule has 1 atom stereocenters. The van der Waals surface area contributed by atoms with Gasteiger partial charge in [-0.15, -0.1) is 0 Å². The number of benzene rings is 2. The van der Waals surface area contributed by atoms with Crippen LogP contribution in [0.5, 0.6) is 0 Å². The maximum atomic E-state index is 13.2. The van der Waals surface area contributed by atoms with E-state index in [4.69, 9.17) is 0 Å². The van der Waals surface area contributed by atoms with Crippen molar-refractivity contribution < 1.29 is 19.2 Å². The number of nitrogens with zero attached hydrogens (tertiary/aromatic N) is 3. The fraction of sp³-hybridized carbons (Fsp3) is 0.385. The van der Waals surface area contributed by atoms with Crippen molar-refractivity contribution in [2.75, 3.05) is 32.7 Å². The molecular weight excluding hydrogens is 446 g/mol. The zero-order chi connectivity index (χ0) is 25.0. The molecule has 0 spiro atoms. The molecule has 0 bridgehead atoms. The predicted molar refractivity (Wildman–Crippen MR) is 130 cm³/mol. The van der Waals surface area contributed by atoms with Gasteiger partial charge in [0.2, 0.25) is 5.91 Å². The molecule has 2 aliphatic rings. The van der Waals surface area contributed by atoms with E-state index in [9.17, 15) is 19.2 Å². The summed E-state index contributed by atoms with van der Waals surface area (Å²) in [5.74, 6) is -0.891. The molecule has 2 aromatic carbocycles. The van der Waals surface area contributed by atoms with E-state index in [1.165, 1.54) is 0 Å². The Hall–Kier alpha value is -3.72. The Labute approximate surface area is 205 Å². The smallest absolute Gasteiger partial charge is 0.340 e. The Bertz CT molecular complexity index is 1100. The first-order valence-corrected chi connectivity index (χ1v) is 11.9. The van der Waals surface area contributed by atoms with Crippen molar-refractivity contribution in [1.29, 1.82) is 0 Å². The Morgan fingerprint density at radius 2 is 1.63 bits per heavy atom. The quantitative estimate of drug-likeness (QED) is 0.590. The third-order valence-corrected chi connectivity index (χ3v) is 6.69. The van der Waals surface area contributed by atoms with Gasteiger partial charge in [-0.25, -0.2) is 4.79 Å². The van der Waals surface area contributed by atoms with Crippen molar-refractivity contribution in [3.63, 3.8) is 0 Å². The fourth-order valence-corrected chi connectivity index (χ4v) is 4.55. The first-order chi connectivity index (χ1) is 16.8. The molecule has 2 heterocycles. The van der Waals surface area contributed by atoms with Gasteiger partial charge in [-0.05, 0) is 24.5 Å². The van der Waals surface area contributed by atoms with Gasteiger partial charge in [0.05, 0.1) is 13.0 Å². The largest absolute Gasteiger partial charge is 0.344 e. The van der Waals surface area contributed by atoms with Gasteiger partial charge in [-0.1, -0.05) is 67.1 Å². The molecule has 1 unspecified atom stereocenters. The van der Waals surface area contributed by atoms with E-state index in [0.29, 0.717) is 44.6 Å². The van der Waals surface area contributed by atoms with Crippen LogP contribution < -0.4 is 10.7 Å². The zero-order valence-corrected chi connectivity index (χ0v) is 20.1. The van der Waals surface area contributed by atoms with Gasteiger partial charge in [-0.2, -0.15) is 5.01 Å². The molecule has 4 rings (SSSR count). The molecule has 184 valence electrons. The molecule has 0 aromatic heterocycles. The van der Waals surface area contributed by atoms with Crippen LogP contribution in [-0.2, 0) is 26.3 Å². The number of carbonyl (C=O) groups excluding carboxylic acids is 4. The van der Waals surface area contributed by atoms with E-state index in [-0.39, 0.29) is 12.5 Å². The van der Waals surface area contributed by atoms with Gasteiger partial charge in [0.25, 0.3) is 11.8 Å². The predicted octanol–water partition coefficient (Wildman–Crippen LogP) is 1.57. The van der Waals surface area contributed by atoms with Gasteiger partial charge in [0, 0.05) is 26.2 Å². The summed E-state index contributed by atoms with van der Waals surface area (Å²) in [6.45, 7) is 5.97. The molecule has 2 saturated heterocycles. The van der Waals surface area contributed by atoms with Crippen molar-refractivity contribution in [3.05, 3.63) is 71.3 Å². The number of piperazine rings is 1. The third-order valence-electron chi connectivity index (χ3n) is 6.69. The molecule has 9 heteroatoms. The lowest BCUT2D eigenvalue weighted by molar-refractivity contribution is -0.140. The average molecular weight is 478 g/mol. The highest BCUT2D eigenvalue weighted by Crippen LogP contribution is 2.31. The molecule has 0 radical (unpaired) electrons. The number of hydrazine groups is 1. The summed E-state index contributed by atoms with van der Waals surface area (Å²) >= 11 is 0. The van der Waals surface area contributed by atoms with E-state index in [1.807, 2.05) is 49.1 Å². The van der Waals surface area contributed by atoms with E-state index in [2.05, 4.69) is 10.7 Å². The van der Waals surface area contributed by atoms with Crippen molar-refractivity contribution >= 4 is 23.8 Å². The second kappa shape index (κ2) is 10.3. The Balaban J connectivity index is 1.28. The fourth-order valence-electron chi connectivity index (χ4n) is 4.55. The minimum atomic E-state index is -1.20. The number of urea groups is 1. The minimum Gasteiger partial charge on any atom is -0.340 e. The topological polar surface area (TPSA) is 102 Å². The second-order valence-electron chi connectivity index (χ2n) is 9.05. The maximum absolute atomic E-state index is 13.2. The molecule has 2 aromatic rings. The Kier molecular flexibility index (Phi) is 7.16. The number of hydrogen-bond donors (Lipinski definition) is 2. The molecule has 35 heavy (non-hydrogen) atoms. The van der Waals surface area contributed by atoms with Crippen molar-refractivity contribution in [3.8, 4) is 0 Å². The lowest BCUT2D eigenvalue weighted by atomic mass is 9.87. The van der Waals surface area contributed by atoms with Crippen LogP contribution in [0, 0.1) is 6.92 Å². The first kappa shape index (κ1) is 24.4. The number of rotatable bonds is 7. The molecular formula is C26H31N5O4. The van der Waals surface area contributed by atoms with Crippen LogP contribution in [0.3, 0.4) is 0 Å². The second-order valence-corrected chi connectivity index (χ2v) is 9.05. The highest BCUT2D eigenvalue weighted by molar-refractivity contribution is 6.08. The number of nitrogens with one attached hydrogen (secondary N) is 2. The molecule has 2 N–H and O–H groups in total. The van der Waals surface area contributed by atoms with Crippen LogP contribution in [0.15, 0.2) is 54.6 Å². The van der Waals surface area contributed by atoms with Crippen LogP contribution in [-0.4, -0.2) is 71.3 Å². The normalized spacial score (nSPS) is 20.6. The van der Waals surface area contributed by atoms with Crippen LogP contribution in [0.4, 0.5) is 4.79 Å². The van der Waals surface area contributed by atoms with Crippen LogP contribution in [0.1, 0.15) is 30.0 Å². The molecule has 2 aliphatic heterocycles. The lowest BCUT2D eigenvalue weighted by Gasteiger charge is -2.34. The number of hydrogen-bond acceptors (Lipinski definition) is 5. The summed E-state index contributed by atoms with van der Waals surface area (Å²) < 4.78 is 0. The number of aryl methyl sites for hydroxylation is 1. The van der Waals surface area contributed by atoms with E-state index >= 15 is 0 Å². The van der Waals surface area contributed by atoms with E-state index in [0.717, 1.165) is 16.1 Å². The maximum Gasteiger partial charge on any atom is 0.344 e. The summed E-state index contributed by atoms with van der Waals surface area (Å²) in [6.07, 6.45) is 0.708. The highest BCUT2D eigenvalue weighted by Gasteiger charge is 2.52. The molecule has 0 aliphatic carbocycles. The Morgan fingerprint density at radius 1 is 0.971 bits per heavy atom. The van der Waals surface area contributed by atoms with Gasteiger partial charge in [-0.3, -0.25) is 24.7 Å². The Morgan fingerprint density at radius 3 is 2.26 bits per heavy atom. The van der Waals surface area contributed by atoms with E-state index < -0.39 is 23.4 Å². The van der Waals surface area contributed by atoms with Crippen LogP contribution >= 0.6 is 0 Å². The summed E-state index contributed by atoms with van der Waals surface area (Å²) in [5, 5.41) is 3.53.